The number of halogens is 2. The molecule has 1 aliphatic heterocycles. The van der Waals surface area contributed by atoms with Crippen molar-refractivity contribution in [2.75, 3.05) is 19.7 Å². The van der Waals surface area contributed by atoms with E-state index in [4.69, 9.17) is 4.84 Å². The minimum absolute atomic E-state index is 0. The van der Waals surface area contributed by atoms with Crippen LogP contribution in [0.25, 0.3) is 0 Å². The maximum absolute atomic E-state index is 5.29. The predicted octanol–water partition coefficient (Wildman–Crippen LogP) is 3.61. The van der Waals surface area contributed by atoms with Crippen molar-refractivity contribution in [3.8, 4) is 0 Å². The van der Waals surface area contributed by atoms with Crippen molar-refractivity contribution in [1.29, 1.82) is 0 Å². The van der Waals surface area contributed by atoms with Gasteiger partial charge in [0.1, 0.15) is 6.61 Å². The van der Waals surface area contributed by atoms with Gasteiger partial charge in [-0.15, -0.1) is 12.4 Å². The summed E-state index contributed by atoms with van der Waals surface area (Å²) < 4.78 is 1.09. The van der Waals surface area contributed by atoms with E-state index >= 15 is 0 Å². The van der Waals surface area contributed by atoms with Gasteiger partial charge in [-0.1, -0.05) is 33.2 Å². The van der Waals surface area contributed by atoms with Gasteiger partial charge in [0.15, 0.2) is 0 Å². The zero-order valence-corrected chi connectivity index (χ0v) is 13.5. The molecule has 1 fully saturated rings. The molecule has 106 valence electrons. The summed E-state index contributed by atoms with van der Waals surface area (Å²) >= 11 is 3.46. The first-order valence-electron chi connectivity index (χ1n) is 6.47. The molecular weight excluding hydrogens is 328 g/mol. The summed E-state index contributed by atoms with van der Waals surface area (Å²) in [4.78, 5) is 5.29. The Morgan fingerprint density at radius 2 is 1.95 bits per heavy atom. The van der Waals surface area contributed by atoms with Gasteiger partial charge in [0.2, 0.25) is 0 Å². The SMILES string of the molecule is CCO/N=C(\c1ccc(Br)cc1)C1CCNCC1.Cl. The molecule has 3 nitrogen and oxygen atoms in total. The molecule has 0 unspecified atom stereocenters. The van der Waals surface area contributed by atoms with E-state index in [-0.39, 0.29) is 12.4 Å². The van der Waals surface area contributed by atoms with Gasteiger partial charge in [-0.05, 0) is 50.6 Å². The number of hydrogen-bond donors (Lipinski definition) is 1. The summed E-state index contributed by atoms with van der Waals surface area (Å²) in [5.41, 5.74) is 2.25. The van der Waals surface area contributed by atoms with E-state index in [0.29, 0.717) is 12.5 Å². The number of nitrogens with zero attached hydrogens (tertiary/aromatic N) is 1. The van der Waals surface area contributed by atoms with Gasteiger partial charge in [0.25, 0.3) is 0 Å². The lowest BCUT2D eigenvalue weighted by molar-refractivity contribution is 0.156. The van der Waals surface area contributed by atoms with Gasteiger partial charge in [-0.2, -0.15) is 0 Å². The van der Waals surface area contributed by atoms with Crippen LogP contribution in [0.5, 0.6) is 0 Å². The highest BCUT2D eigenvalue weighted by molar-refractivity contribution is 9.10. The number of nitrogens with one attached hydrogen (secondary N) is 1. The first-order valence-corrected chi connectivity index (χ1v) is 7.27. The molecule has 0 radical (unpaired) electrons. The van der Waals surface area contributed by atoms with E-state index < -0.39 is 0 Å². The van der Waals surface area contributed by atoms with Crippen molar-refractivity contribution in [3.05, 3.63) is 34.3 Å². The molecule has 0 aliphatic carbocycles. The second-order valence-corrected chi connectivity index (χ2v) is 5.34. The lowest BCUT2D eigenvalue weighted by Gasteiger charge is -2.24. The Bertz CT molecular complexity index is 402. The number of rotatable bonds is 4. The Balaban J connectivity index is 0.00000180. The fourth-order valence-electron chi connectivity index (χ4n) is 2.21. The Hall–Kier alpha value is -0.580. The minimum Gasteiger partial charge on any atom is -0.396 e. The molecule has 1 N–H and O–H groups in total. The molecular formula is C14H20BrClN2O. The Kier molecular flexibility index (Phi) is 7.42. The summed E-state index contributed by atoms with van der Waals surface area (Å²) in [7, 11) is 0. The van der Waals surface area contributed by atoms with Crippen LogP contribution in [0.2, 0.25) is 0 Å². The summed E-state index contributed by atoms with van der Waals surface area (Å²) in [5, 5.41) is 7.72. The number of hydrogen-bond acceptors (Lipinski definition) is 3. The van der Waals surface area contributed by atoms with E-state index in [0.717, 1.165) is 36.1 Å². The molecule has 2 rings (SSSR count). The molecule has 1 aromatic carbocycles. The minimum atomic E-state index is 0. The van der Waals surface area contributed by atoms with Crippen molar-refractivity contribution >= 4 is 34.0 Å². The molecule has 19 heavy (non-hydrogen) atoms. The van der Waals surface area contributed by atoms with Gasteiger partial charge in [0, 0.05) is 10.4 Å². The lowest BCUT2D eigenvalue weighted by Crippen LogP contribution is -2.32. The fraction of sp³-hybridized carbons (Fsp3) is 0.500. The molecule has 0 bridgehead atoms. The molecule has 1 aromatic rings. The van der Waals surface area contributed by atoms with E-state index in [9.17, 15) is 0 Å². The molecule has 0 amide bonds. The van der Waals surface area contributed by atoms with Crippen molar-refractivity contribution in [1.82, 2.24) is 5.32 Å². The van der Waals surface area contributed by atoms with Crippen molar-refractivity contribution < 1.29 is 4.84 Å². The monoisotopic (exact) mass is 346 g/mol. The van der Waals surface area contributed by atoms with E-state index in [1.807, 2.05) is 6.92 Å². The Labute approximate surface area is 129 Å². The van der Waals surface area contributed by atoms with E-state index in [1.54, 1.807) is 0 Å². The first-order chi connectivity index (χ1) is 8.81. The molecule has 1 heterocycles. The van der Waals surface area contributed by atoms with Crippen LogP contribution in [0.1, 0.15) is 25.3 Å². The highest BCUT2D eigenvalue weighted by Gasteiger charge is 2.21. The van der Waals surface area contributed by atoms with Crippen LogP contribution in [0, 0.1) is 5.92 Å². The van der Waals surface area contributed by atoms with Crippen molar-refractivity contribution in [3.63, 3.8) is 0 Å². The normalized spacial score (nSPS) is 16.8. The van der Waals surface area contributed by atoms with E-state index in [1.165, 1.54) is 5.56 Å². The average molecular weight is 348 g/mol. The maximum Gasteiger partial charge on any atom is 0.114 e. The van der Waals surface area contributed by atoms with Gasteiger partial charge in [0.05, 0.1) is 5.71 Å². The second-order valence-electron chi connectivity index (χ2n) is 4.43. The van der Waals surface area contributed by atoms with Gasteiger partial charge in [-0.3, -0.25) is 0 Å². The van der Waals surface area contributed by atoms with Gasteiger partial charge in [-0.25, -0.2) is 0 Å². The molecule has 1 saturated heterocycles. The van der Waals surface area contributed by atoms with Crippen LogP contribution in [-0.4, -0.2) is 25.4 Å². The standard InChI is InChI=1S/C14H19BrN2O.ClH/c1-2-18-17-14(12-7-9-16-10-8-12)11-3-5-13(15)6-4-11;/h3-6,12,16H,2,7-10H2,1H3;1H/b17-14+;. The topological polar surface area (TPSA) is 33.6 Å². The van der Waals surface area contributed by atoms with Crippen LogP contribution in [0.15, 0.2) is 33.9 Å². The third-order valence-electron chi connectivity index (χ3n) is 3.16. The molecule has 0 spiro atoms. The molecule has 5 heteroatoms. The third kappa shape index (κ3) is 4.79. The second kappa shape index (κ2) is 8.56. The summed E-state index contributed by atoms with van der Waals surface area (Å²) in [5.74, 6) is 0.499. The highest BCUT2D eigenvalue weighted by atomic mass is 79.9. The van der Waals surface area contributed by atoms with Crippen LogP contribution in [-0.2, 0) is 4.84 Å². The number of benzene rings is 1. The highest BCUT2D eigenvalue weighted by Crippen LogP contribution is 2.21. The third-order valence-corrected chi connectivity index (χ3v) is 3.69. The van der Waals surface area contributed by atoms with Crippen LogP contribution in [0.4, 0.5) is 0 Å². The van der Waals surface area contributed by atoms with Gasteiger partial charge < -0.3 is 10.2 Å². The maximum atomic E-state index is 5.29. The smallest absolute Gasteiger partial charge is 0.114 e. The lowest BCUT2D eigenvalue weighted by atomic mass is 9.89. The summed E-state index contributed by atoms with van der Waals surface area (Å²) in [6.45, 7) is 4.70. The predicted molar refractivity (Wildman–Crippen MR) is 85.1 cm³/mol. The van der Waals surface area contributed by atoms with Crippen molar-refractivity contribution in [2.45, 2.75) is 19.8 Å². The Morgan fingerprint density at radius 3 is 2.53 bits per heavy atom. The van der Waals surface area contributed by atoms with Crippen molar-refractivity contribution in [2.24, 2.45) is 11.1 Å². The van der Waals surface area contributed by atoms with E-state index in [2.05, 4.69) is 50.7 Å². The number of oxime groups is 1. The molecule has 1 aliphatic rings. The van der Waals surface area contributed by atoms with Crippen LogP contribution >= 0.6 is 28.3 Å². The molecule has 0 saturated carbocycles. The Morgan fingerprint density at radius 1 is 1.32 bits per heavy atom. The quantitative estimate of drug-likeness (QED) is 0.667. The molecule has 0 aromatic heterocycles. The zero-order chi connectivity index (χ0) is 12.8. The van der Waals surface area contributed by atoms with Gasteiger partial charge >= 0.3 is 0 Å². The number of piperidine rings is 1. The van der Waals surface area contributed by atoms with Crippen LogP contribution < -0.4 is 5.32 Å². The zero-order valence-electron chi connectivity index (χ0n) is 11.1. The fourth-order valence-corrected chi connectivity index (χ4v) is 2.48. The van der Waals surface area contributed by atoms with Crippen LogP contribution in [0.3, 0.4) is 0 Å². The average Bonchev–Trinajstić information content (AvgIpc) is 2.42. The first kappa shape index (κ1) is 16.5. The largest absolute Gasteiger partial charge is 0.396 e. The summed E-state index contributed by atoms with van der Waals surface area (Å²) in [6, 6.07) is 8.31. The summed E-state index contributed by atoms with van der Waals surface area (Å²) in [6.07, 6.45) is 2.25. The molecule has 0 atom stereocenters.